The molecular formula is C14H21BrClNO3. The van der Waals surface area contributed by atoms with E-state index in [9.17, 15) is 10.2 Å². The summed E-state index contributed by atoms with van der Waals surface area (Å²) >= 11 is 3.29. The summed E-state index contributed by atoms with van der Waals surface area (Å²) in [6.45, 7) is 2.31. The zero-order valence-electron chi connectivity index (χ0n) is 11.4. The molecule has 2 rings (SSSR count). The summed E-state index contributed by atoms with van der Waals surface area (Å²) in [4.78, 5) is 0. The van der Waals surface area contributed by atoms with Crippen molar-refractivity contribution in [1.82, 2.24) is 0 Å². The molecule has 0 amide bonds. The van der Waals surface area contributed by atoms with Gasteiger partial charge < -0.3 is 20.7 Å². The Kier molecular flexibility index (Phi) is 6.58. The Hall–Kier alpha value is -0.490. The quantitative estimate of drug-likeness (QED) is 0.748. The van der Waals surface area contributed by atoms with E-state index in [-0.39, 0.29) is 24.1 Å². The van der Waals surface area contributed by atoms with Crippen LogP contribution in [0.4, 0.5) is 0 Å². The molecule has 20 heavy (non-hydrogen) atoms. The maximum absolute atomic E-state index is 10.2. The molecule has 1 saturated carbocycles. The van der Waals surface area contributed by atoms with Crippen LogP contribution < -0.4 is 10.5 Å². The van der Waals surface area contributed by atoms with E-state index in [1.807, 2.05) is 6.92 Å². The van der Waals surface area contributed by atoms with Crippen LogP contribution in [0.1, 0.15) is 37.8 Å². The van der Waals surface area contributed by atoms with E-state index >= 15 is 0 Å². The van der Waals surface area contributed by atoms with Gasteiger partial charge in [-0.2, -0.15) is 0 Å². The summed E-state index contributed by atoms with van der Waals surface area (Å²) in [5.41, 5.74) is 6.90. The molecule has 1 aliphatic rings. The second-order valence-electron chi connectivity index (χ2n) is 4.99. The minimum atomic E-state index is -0.542. The molecule has 6 heteroatoms. The van der Waals surface area contributed by atoms with Gasteiger partial charge in [-0.15, -0.1) is 12.4 Å². The van der Waals surface area contributed by atoms with E-state index in [1.54, 1.807) is 12.1 Å². The summed E-state index contributed by atoms with van der Waals surface area (Å²) in [6.07, 6.45) is 2.69. The van der Waals surface area contributed by atoms with Crippen LogP contribution >= 0.6 is 28.3 Å². The predicted molar refractivity (Wildman–Crippen MR) is 84.5 cm³/mol. The van der Waals surface area contributed by atoms with Gasteiger partial charge in [0.25, 0.3) is 0 Å². The zero-order valence-corrected chi connectivity index (χ0v) is 13.8. The van der Waals surface area contributed by atoms with Crippen LogP contribution in [0.2, 0.25) is 0 Å². The van der Waals surface area contributed by atoms with E-state index in [4.69, 9.17) is 10.5 Å². The number of nitrogens with two attached hydrogens (primary N) is 1. The van der Waals surface area contributed by atoms with Crippen molar-refractivity contribution in [3.8, 4) is 11.5 Å². The molecule has 1 aromatic rings. The molecular weight excluding hydrogens is 346 g/mol. The number of aromatic hydroxyl groups is 1. The third kappa shape index (κ3) is 3.58. The van der Waals surface area contributed by atoms with Crippen molar-refractivity contribution in [1.29, 1.82) is 0 Å². The Labute approximate surface area is 133 Å². The molecule has 0 unspecified atom stereocenters. The summed E-state index contributed by atoms with van der Waals surface area (Å²) in [6, 6.07) is 2.99. The van der Waals surface area contributed by atoms with Crippen LogP contribution in [-0.4, -0.2) is 22.9 Å². The number of phenols is 1. The zero-order chi connectivity index (χ0) is 14.0. The number of benzene rings is 1. The first-order valence-electron chi connectivity index (χ1n) is 6.63. The van der Waals surface area contributed by atoms with Crippen molar-refractivity contribution in [3.63, 3.8) is 0 Å². The predicted octanol–water partition coefficient (Wildman–Crippen LogP) is 3.14. The average Bonchev–Trinajstić information content (AvgIpc) is 2.31. The molecule has 2 atom stereocenters. The van der Waals surface area contributed by atoms with Gasteiger partial charge in [-0.3, -0.25) is 0 Å². The molecule has 0 spiro atoms. The average molecular weight is 367 g/mol. The van der Waals surface area contributed by atoms with Gasteiger partial charge in [-0.1, -0.05) is 6.42 Å². The lowest BCUT2D eigenvalue weighted by molar-refractivity contribution is 0.0413. The molecule has 0 aliphatic heterocycles. The third-order valence-corrected chi connectivity index (χ3v) is 4.34. The van der Waals surface area contributed by atoms with Gasteiger partial charge in [0, 0.05) is 0 Å². The van der Waals surface area contributed by atoms with Crippen LogP contribution in [0.5, 0.6) is 11.5 Å². The molecule has 1 aromatic carbocycles. The van der Waals surface area contributed by atoms with E-state index in [1.165, 1.54) is 0 Å². The van der Waals surface area contributed by atoms with Gasteiger partial charge in [0.05, 0.1) is 23.2 Å². The molecule has 0 heterocycles. The van der Waals surface area contributed by atoms with Crippen molar-refractivity contribution in [2.45, 2.75) is 38.3 Å². The molecule has 1 aliphatic carbocycles. The molecule has 1 fully saturated rings. The second kappa shape index (κ2) is 7.50. The summed E-state index contributed by atoms with van der Waals surface area (Å²) < 4.78 is 5.90. The molecule has 4 N–H and O–H groups in total. The number of rotatable bonds is 5. The fraction of sp³-hybridized carbons (Fsp3) is 0.571. The van der Waals surface area contributed by atoms with Crippen molar-refractivity contribution in [3.05, 3.63) is 22.2 Å². The second-order valence-corrected chi connectivity index (χ2v) is 5.84. The Morgan fingerprint density at radius 3 is 2.60 bits per heavy atom. The SMILES string of the molecule is CCOc1cc([C@@H](N)[C@@H](O)C2CCC2)cc(Br)c1O.Cl. The molecule has 0 saturated heterocycles. The lowest BCUT2D eigenvalue weighted by Crippen LogP contribution is -2.36. The maximum atomic E-state index is 10.2. The highest BCUT2D eigenvalue weighted by Crippen LogP contribution is 2.39. The van der Waals surface area contributed by atoms with Crippen LogP contribution in [0, 0.1) is 5.92 Å². The van der Waals surface area contributed by atoms with Crippen LogP contribution in [-0.2, 0) is 0 Å². The fourth-order valence-electron chi connectivity index (χ4n) is 2.32. The Morgan fingerprint density at radius 1 is 1.45 bits per heavy atom. The first kappa shape index (κ1) is 17.6. The maximum Gasteiger partial charge on any atom is 0.172 e. The van der Waals surface area contributed by atoms with E-state index in [0.717, 1.165) is 24.8 Å². The van der Waals surface area contributed by atoms with Gasteiger partial charge in [0.2, 0.25) is 0 Å². The smallest absolute Gasteiger partial charge is 0.172 e. The van der Waals surface area contributed by atoms with Gasteiger partial charge in [-0.05, 0) is 59.3 Å². The summed E-state index contributed by atoms with van der Waals surface area (Å²) in [7, 11) is 0. The lowest BCUT2D eigenvalue weighted by Gasteiger charge is -2.34. The highest BCUT2D eigenvalue weighted by Gasteiger charge is 2.31. The topological polar surface area (TPSA) is 75.7 Å². The van der Waals surface area contributed by atoms with Gasteiger partial charge in [0.1, 0.15) is 0 Å². The van der Waals surface area contributed by atoms with E-state index in [0.29, 0.717) is 16.8 Å². The number of aliphatic hydroxyl groups is 1. The first-order valence-corrected chi connectivity index (χ1v) is 7.42. The number of hydrogen-bond donors (Lipinski definition) is 3. The third-order valence-electron chi connectivity index (χ3n) is 3.74. The van der Waals surface area contributed by atoms with Crippen molar-refractivity contribution < 1.29 is 14.9 Å². The monoisotopic (exact) mass is 365 g/mol. The molecule has 0 bridgehead atoms. The van der Waals surface area contributed by atoms with E-state index in [2.05, 4.69) is 15.9 Å². The fourth-order valence-corrected chi connectivity index (χ4v) is 2.78. The normalized spacial score (nSPS) is 17.8. The van der Waals surface area contributed by atoms with Crippen molar-refractivity contribution >= 4 is 28.3 Å². The molecule has 4 nitrogen and oxygen atoms in total. The number of halogens is 2. The number of aliphatic hydroxyl groups excluding tert-OH is 1. The Morgan fingerprint density at radius 2 is 2.10 bits per heavy atom. The largest absolute Gasteiger partial charge is 0.503 e. The van der Waals surface area contributed by atoms with Crippen molar-refractivity contribution in [2.24, 2.45) is 11.7 Å². The van der Waals surface area contributed by atoms with Crippen LogP contribution in [0.25, 0.3) is 0 Å². The number of ether oxygens (including phenoxy) is 1. The van der Waals surface area contributed by atoms with E-state index < -0.39 is 12.1 Å². The van der Waals surface area contributed by atoms with Gasteiger partial charge in [-0.25, -0.2) is 0 Å². The van der Waals surface area contributed by atoms with Crippen LogP contribution in [0.3, 0.4) is 0 Å². The highest BCUT2D eigenvalue weighted by molar-refractivity contribution is 9.10. The standard InChI is InChI=1S/C14H20BrNO3.ClH/c1-2-19-11-7-9(6-10(15)14(11)18)12(16)13(17)8-4-3-5-8;/h6-8,12-13,17-18H,2-5,16H2,1H3;1H/t12-,13+;/m1./s1. The van der Waals surface area contributed by atoms with Gasteiger partial charge in [0.15, 0.2) is 11.5 Å². The highest BCUT2D eigenvalue weighted by atomic mass is 79.9. The van der Waals surface area contributed by atoms with Crippen LogP contribution in [0.15, 0.2) is 16.6 Å². The number of phenolic OH excluding ortho intramolecular Hbond substituents is 1. The minimum absolute atomic E-state index is 0. The molecule has 0 aromatic heterocycles. The number of hydrogen-bond acceptors (Lipinski definition) is 4. The first-order chi connectivity index (χ1) is 9.04. The Balaban J connectivity index is 0.00000200. The Bertz CT molecular complexity index is 454. The minimum Gasteiger partial charge on any atom is -0.503 e. The van der Waals surface area contributed by atoms with Gasteiger partial charge >= 0.3 is 0 Å². The lowest BCUT2D eigenvalue weighted by atomic mass is 9.77. The molecule has 0 radical (unpaired) electrons. The summed E-state index contributed by atoms with van der Waals surface area (Å²) in [5.74, 6) is 0.747. The molecule has 114 valence electrons. The van der Waals surface area contributed by atoms with Crippen molar-refractivity contribution in [2.75, 3.05) is 6.61 Å². The summed E-state index contributed by atoms with van der Waals surface area (Å²) in [5, 5.41) is 20.1.